The Balaban J connectivity index is 1.54. The van der Waals surface area contributed by atoms with E-state index in [-0.39, 0.29) is 17.8 Å². The summed E-state index contributed by atoms with van der Waals surface area (Å²) in [6, 6.07) is 7.01. The standard InChI is InChI=1S/C20H27FN4O/c1-23(14-17-6-2-3-8-19(17)21)15-20(26)25-11-5-4-7-18(25)9-12-24-13-10-22-16-24/h2-3,6,8,10,13,16,18H,4-5,7,9,11-12,14-15H2,1H3/t18-/m0/s1. The molecule has 0 N–H and O–H groups in total. The molecular weight excluding hydrogens is 331 g/mol. The first-order valence-electron chi connectivity index (χ1n) is 9.30. The zero-order valence-electron chi connectivity index (χ0n) is 15.4. The number of carbonyl (C=O) groups excluding carboxylic acids is 1. The lowest BCUT2D eigenvalue weighted by molar-refractivity contribution is -0.136. The number of aryl methyl sites for hydroxylation is 1. The van der Waals surface area contributed by atoms with Crippen molar-refractivity contribution >= 4 is 5.91 Å². The summed E-state index contributed by atoms with van der Waals surface area (Å²) in [6.45, 7) is 2.45. The van der Waals surface area contributed by atoms with Crippen LogP contribution in [-0.2, 0) is 17.9 Å². The molecule has 1 aliphatic rings. The Hall–Kier alpha value is -2.21. The van der Waals surface area contributed by atoms with Gasteiger partial charge in [0.05, 0.1) is 12.9 Å². The molecule has 1 saturated heterocycles. The van der Waals surface area contributed by atoms with Crippen LogP contribution in [0.25, 0.3) is 0 Å². The van der Waals surface area contributed by atoms with Gasteiger partial charge in [-0.3, -0.25) is 9.69 Å². The van der Waals surface area contributed by atoms with Crippen molar-refractivity contribution in [1.29, 1.82) is 0 Å². The molecule has 26 heavy (non-hydrogen) atoms. The van der Waals surface area contributed by atoms with Gasteiger partial charge >= 0.3 is 0 Å². The molecule has 140 valence electrons. The van der Waals surface area contributed by atoms with Gasteiger partial charge in [-0.1, -0.05) is 18.2 Å². The first kappa shape index (κ1) is 18.6. The maximum Gasteiger partial charge on any atom is 0.236 e. The van der Waals surface area contributed by atoms with Crippen molar-refractivity contribution in [1.82, 2.24) is 19.4 Å². The zero-order chi connectivity index (χ0) is 18.4. The van der Waals surface area contributed by atoms with Crippen LogP contribution in [0.5, 0.6) is 0 Å². The first-order valence-corrected chi connectivity index (χ1v) is 9.30. The first-order chi connectivity index (χ1) is 12.6. The summed E-state index contributed by atoms with van der Waals surface area (Å²) in [4.78, 5) is 20.8. The predicted molar refractivity (Wildman–Crippen MR) is 98.9 cm³/mol. The maximum atomic E-state index is 13.8. The highest BCUT2D eigenvalue weighted by Gasteiger charge is 2.27. The van der Waals surface area contributed by atoms with Crippen molar-refractivity contribution in [3.8, 4) is 0 Å². The van der Waals surface area contributed by atoms with Gasteiger partial charge in [0.25, 0.3) is 0 Å². The molecule has 2 heterocycles. The molecule has 1 aliphatic heterocycles. The predicted octanol–water partition coefficient (Wildman–Crippen LogP) is 2.93. The van der Waals surface area contributed by atoms with Crippen LogP contribution < -0.4 is 0 Å². The van der Waals surface area contributed by atoms with E-state index >= 15 is 0 Å². The summed E-state index contributed by atoms with van der Waals surface area (Å²) < 4.78 is 15.9. The van der Waals surface area contributed by atoms with Crippen molar-refractivity contribution < 1.29 is 9.18 Å². The second-order valence-corrected chi connectivity index (χ2v) is 7.09. The summed E-state index contributed by atoms with van der Waals surface area (Å²) in [5.74, 6) is -0.0813. The molecule has 1 amide bonds. The Bertz CT molecular complexity index is 704. The summed E-state index contributed by atoms with van der Waals surface area (Å²) in [5.41, 5.74) is 0.623. The van der Waals surface area contributed by atoms with Crippen molar-refractivity contribution in [2.45, 2.75) is 44.8 Å². The van der Waals surface area contributed by atoms with Gasteiger partial charge in [0.2, 0.25) is 5.91 Å². The number of aromatic nitrogens is 2. The summed E-state index contributed by atoms with van der Waals surface area (Å²) >= 11 is 0. The number of rotatable bonds is 7. The average Bonchev–Trinajstić information content (AvgIpc) is 3.15. The number of likely N-dealkylation sites (N-methyl/N-ethyl adjacent to an activating group) is 1. The fourth-order valence-corrected chi connectivity index (χ4v) is 3.64. The van der Waals surface area contributed by atoms with E-state index < -0.39 is 0 Å². The summed E-state index contributed by atoms with van der Waals surface area (Å²) in [7, 11) is 1.87. The van der Waals surface area contributed by atoms with E-state index in [1.165, 1.54) is 12.5 Å². The van der Waals surface area contributed by atoms with Gasteiger partial charge in [0, 0.05) is 43.6 Å². The minimum absolute atomic E-state index is 0.138. The molecule has 0 aliphatic carbocycles. The summed E-state index contributed by atoms with van der Waals surface area (Å²) in [6.07, 6.45) is 9.78. The maximum absolute atomic E-state index is 13.8. The minimum atomic E-state index is -0.219. The number of imidazole rings is 1. The monoisotopic (exact) mass is 358 g/mol. The van der Waals surface area contributed by atoms with Gasteiger partial charge in [0.15, 0.2) is 0 Å². The van der Waals surface area contributed by atoms with Crippen LogP contribution in [0, 0.1) is 5.82 Å². The lowest BCUT2D eigenvalue weighted by Gasteiger charge is -2.37. The topological polar surface area (TPSA) is 41.4 Å². The van der Waals surface area contributed by atoms with E-state index in [1.807, 2.05) is 35.4 Å². The second-order valence-electron chi connectivity index (χ2n) is 7.09. The van der Waals surface area contributed by atoms with Crippen molar-refractivity contribution in [3.05, 3.63) is 54.4 Å². The van der Waals surface area contributed by atoms with Crippen LogP contribution in [0.1, 0.15) is 31.2 Å². The molecule has 3 rings (SSSR count). The van der Waals surface area contributed by atoms with Crippen LogP contribution >= 0.6 is 0 Å². The van der Waals surface area contributed by atoms with Crippen LogP contribution in [0.4, 0.5) is 4.39 Å². The molecule has 5 nitrogen and oxygen atoms in total. The molecule has 0 bridgehead atoms. The van der Waals surface area contributed by atoms with Gasteiger partial charge in [-0.05, 0) is 38.8 Å². The molecule has 0 unspecified atom stereocenters. The molecule has 1 aromatic heterocycles. The van der Waals surface area contributed by atoms with E-state index in [9.17, 15) is 9.18 Å². The van der Waals surface area contributed by atoms with Gasteiger partial charge < -0.3 is 9.47 Å². The Kier molecular flexibility index (Phi) is 6.39. The highest BCUT2D eigenvalue weighted by atomic mass is 19.1. The molecule has 0 saturated carbocycles. The fraction of sp³-hybridized carbons (Fsp3) is 0.500. The fourth-order valence-electron chi connectivity index (χ4n) is 3.64. The van der Waals surface area contributed by atoms with E-state index in [1.54, 1.807) is 18.3 Å². The number of nitrogens with zero attached hydrogens (tertiary/aromatic N) is 4. The van der Waals surface area contributed by atoms with E-state index in [4.69, 9.17) is 0 Å². The van der Waals surface area contributed by atoms with E-state index in [2.05, 4.69) is 9.55 Å². The normalized spacial score (nSPS) is 17.7. The third kappa shape index (κ3) is 4.91. The Morgan fingerprint density at radius 3 is 2.96 bits per heavy atom. The van der Waals surface area contributed by atoms with Crippen molar-refractivity contribution in [2.75, 3.05) is 20.1 Å². The molecule has 0 radical (unpaired) electrons. The SMILES string of the molecule is CN(CC(=O)N1CCCC[C@H]1CCn1ccnc1)Cc1ccccc1F. The van der Waals surface area contributed by atoms with Crippen LogP contribution in [0.2, 0.25) is 0 Å². The number of hydrogen-bond acceptors (Lipinski definition) is 3. The molecule has 0 spiro atoms. The van der Waals surface area contributed by atoms with E-state index in [0.29, 0.717) is 18.7 Å². The number of amides is 1. The lowest BCUT2D eigenvalue weighted by atomic mass is 9.99. The summed E-state index contributed by atoms with van der Waals surface area (Å²) in [5, 5.41) is 0. The second kappa shape index (κ2) is 8.94. The zero-order valence-corrected chi connectivity index (χ0v) is 15.4. The van der Waals surface area contributed by atoms with Crippen LogP contribution in [0.3, 0.4) is 0 Å². The molecule has 2 aromatic rings. The molecule has 1 atom stereocenters. The van der Waals surface area contributed by atoms with Crippen molar-refractivity contribution in [3.63, 3.8) is 0 Å². The lowest BCUT2D eigenvalue weighted by Crippen LogP contribution is -2.47. The molecular formula is C20H27FN4O. The van der Waals surface area contributed by atoms with Gasteiger partial charge in [-0.2, -0.15) is 0 Å². The Morgan fingerprint density at radius 2 is 2.19 bits per heavy atom. The largest absolute Gasteiger partial charge is 0.339 e. The van der Waals surface area contributed by atoms with Crippen LogP contribution in [-0.4, -0.2) is 51.4 Å². The molecule has 1 aromatic carbocycles. The van der Waals surface area contributed by atoms with Crippen LogP contribution in [0.15, 0.2) is 43.0 Å². The van der Waals surface area contributed by atoms with Gasteiger partial charge in [-0.25, -0.2) is 9.37 Å². The number of piperidine rings is 1. The Labute approximate surface area is 154 Å². The smallest absolute Gasteiger partial charge is 0.236 e. The number of benzene rings is 1. The minimum Gasteiger partial charge on any atom is -0.339 e. The molecule has 6 heteroatoms. The number of likely N-dealkylation sites (tertiary alicyclic amines) is 1. The number of hydrogen-bond donors (Lipinski definition) is 0. The van der Waals surface area contributed by atoms with Crippen molar-refractivity contribution in [2.24, 2.45) is 0 Å². The Morgan fingerprint density at radius 1 is 1.35 bits per heavy atom. The van der Waals surface area contributed by atoms with Gasteiger partial charge in [0.1, 0.15) is 5.82 Å². The number of halogens is 1. The van der Waals surface area contributed by atoms with E-state index in [0.717, 1.165) is 32.4 Å². The number of carbonyl (C=O) groups is 1. The quantitative estimate of drug-likeness (QED) is 0.764. The highest BCUT2D eigenvalue weighted by molar-refractivity contribution is 5.78. The third-order valence-electron chi connectivity index (χ3n) is 5.03. The highest BCUT2D eigenvalue weighted by Crippen LogP contribution is 2.21. The molecule has 1 fully saturated rings. The van der Waals surface area contributed by atoms with Gasteiger partial charge in [-0.15, -0.1) is 0 Å². The third-order valence-corrected chi connectivity index (χ3v) is 5.03. The average molecular weight is 358 g/mol.